The number of hydrogen-bond acceptors (Lipinski definition) is 4. The fourth-order valence-electron chi connectivity index (χ4n) is 1.22. The van der Waals surface area contributed by atoms with Crippen molar-refractivity contribution in [2.24, 2.45) is 0 Å². The summed E-state index contributed by atoms with van der Waals surface area (Å²) >= 11 is 0. The van der Waals surface area contributed by atoms with Gasteiger partial charge in [-0.25, -0.2) is 13.2 Å². The van der Waals surface area contributed by atoms with Gasteiger partial charge in [0, 0.05) is 17.6 Å². The number of anilines is 1. The minimum Gasteiger partial charge on any atom is -0.478 e. The smallest absolute Gasteiger partial charge is 0.337 e. The van der Waals surface area contributed by atoms with Crippen LogP contribution in [-0.2, 0) is 13.8 Å². The summed E-state index contributed by atoms with van der Waals surface area (Å²) in [6.45, 7) is 1.13. The summed E-state index contributed by atoms with van der Waals surface area (Å²) in [7, 11) is 1.01. The van der Waals surface area contributed by atoms with Gasteiger partial charge < -0.3 is 10.4 Å². The summed E-state index contributed by atoms with van der Waals surface area (Å²) in [5.74, 6) is -1.96. The van der Waals surface area contributed by atoms with Gasteiger partial charge in [0.2, 0.25) is 5.91 Å². The average molecular weight is 278 g/mol. The zero-order chi connectivity index (χ0) is 13.2. The summed E-state index contributed by atoms with van der Waals surface area (Å²) in [6, 6.07) is 3.50. The molecule has 0 aliphatic rings. The molecule has 17 heavy (non-hydrogen) atoms. The van der Waals surface area contributed by atoms with Crippen LogP contribution in [0, 0.1) is 0 Å². The normalized spacial score (nSPS) is 10.9. The van der Waals surface area contributed by atoms with Gasteiger partial charge in [0.15, 0.2) is 0 Å². The molecule has 0 atom stereocenters. The van der Waals surface area contributed by atoms with Crippen molar-refractivity contribution in [3.63, 3.8) is 0 Å². The van der Waals surface area contributed by atoms with E-state index in [0.29, 0.717) is 0 Å². The van der Waals surface area contributed by atoms with Gasteiger partial charge in [-0.2, -0.15) is 0 Å². The zero-order valence-electron chi connectivity index (χ0n) is 8.60. The first-order chi connectivity index (χ1) is 7.73. The number of hydrogen-bond donors (Lipinski definition) is 2. The molecule has 6 nitrogen and oxygen atoms in total. The molecular formula is C9H8ClNO5S. The van der Waals surface area contributed by atoms with E-state index in [0.717, 1.165) is 13.0 Å². The van der Waals surface area contributed by atoms with E-state index in [4.69, 9.17) is 15.8 Å². The Kier molecular flexibility index (Phi) is 3.74. The quantitative estimate of drug-likeness (QED) is 0.810. The number of carboxylic acids is 1. The van der Waals surface area contributed by atoms with E-state index in [1.165, 1.54) is 12.1 Å². The van der Waals surface area contributed by atoms with Crippen molar-refractivity contribution in [2.75, 3.05) is 5.32 Å². The molecule has 92 valence electrons. The van der Waals surface area contributed by atoms with Gasteiger partial charge in [-0.05, 0) is 12.1 Å². The second kappa shape index (κ2) is 4.72. The summed E-state index contributed by atoms with van der Waals surface area (Å²) in [5, 5.41) is 11.0. The Labute approximate surface area is 102 Å². The second-order valence-electron chi connectivity index (χ2n) is 3.10. The third kappa shape index (κ3) is 3.18. The van der Waals surface area contributed by atoms with Crippen molar-refractivity contribution in [1.29, 1.82) is 0 Å². The summed E-state index contributed by atoms with van der Waals surface area (Å²) in [6.07, 6.45) is 0. The Morgan fingerprint density at radius 3 is 2.35 bits per heavy atom. The average Bonchev–Trinajstić information content (AvgIpc) is 2.14. The number of rotatable bonds is 3. The molecule has 0 aliphatic carbocycles. The lowest BCUT2D eigenvalue weighted by Crippen LogP contribution is -2.13. The fourth-order valence-corrected chi connectivity index (χ4v) is 2.25. The topological polar surface area (TPSA) is 101 Å². The highest BCUT2D eigenvalue weighted by atomic mass is 35.7. The van der Waals surface area contributed by atoms with Gasteiger partial charge in [0.05, 0.1) is 11.3 Å². The summed E-state index contributed by atoms with van der Waals surface area (Å²) in [4.78, 5) is 21.4. The molecular weight excluding hydrogens is 270 g/mol. The minimum atomic E-state index is -4.14. The lowest BCUT2D eigenvalue weighted by Gasteiger charge is -2.10. The SMILES string of the molecule is CC(=O)Nc1c(C(=O)O)cccc1S(=O)(=O)Cl. The predicted molar refractivity (Wildman–Crippen MR) is 60.7 cm³/mol. The lowest BCUT2D eigenvalue weighted by molar-refractivity contribution is -0.114. The molecule has 1 aromatic carbocycles. The van der Waals surface area contributed by atoms with E-state index in [9.17, 15) is 18.0 Å². The second-order valence-corrected chi connectivity index (χ2v) is 5.64. The molecule has 0 aromatic heterocycles. The third-order valence-corrected chi connectivity index (χ3v) is 3.18. The van der Waals surface area contributed by atoms with Crippen LogP contribution in [0.25, 0.3) is 0 Å². The number of amides is 1. The first-order valence-electron chi connectivity index (χ1n) is 4.32. The maximum atomic E-state index is 11.2. The number of nitrogens with one attached hydrogen (secondary N) is 1. The van der Waals surface area contributed by atoms with Gasteiger partial charge in [-0.1, -0.05) is 6.07 Å². The van der Waals surface area contributed by atoms with Crippen molar-refractivity contribution in [1.82, 2.24) is 0 Å². The largest absolute Gasteiger partial charge is 0.478 e. The molecule has 0 spiro atoms. The van der Waals surface area contributed by atoms with Crippen LogP contribution in [0.15, 0.2) is 23.1 Å². The van der Waals surface area contributed by atoms with Crippen LogP contribution in [0.5, 0.6) is 0 Å². The van der Waals surface area contributed by atoms with Gasteiger partial charge in [0.25, 0.3) is 9.05 Å². The predicted octanol–water partition coefficient (Wildman–Crippen LogP) is 1.27. The fraction of sp³-hybridized carbons (Fsp3) is 0.111. The first kappa shape index (κ1) is 13.5. The van der Waals surface area contributed by atoms with Crippen LogP contribution >= 0.6 is 10.7 Å². The van der Waals surface area contributed by atoms with Crippen molar-refractivity contribution in [3.8, 4) is 0 Å². The van der Waals surface area contributed by atoms with E-state index in [1.54, 1.807) is 0 Å². The van der Waals surface area contributed by atoms with E-state index in [2.05, 4.69) is 5.32 Å². The van der Waals surface area contributed by atoms with E-state index >= 15 is 0 Å². The van der Waals surface area contributed by atoms with Gasteiger partial charge in [0.1, 0.15) is 4.90 Å². The number of halogens is 1. The van der Waals surface area contributed by atoms with Gasteiger partial charge >= 0.3 is 5.97 Å². The number of carboxylic acid groups (broad SMARTS) is 1. The number of para-hydroxylation sites is 1. The number of carbonyl (C=O) groups excluding carboxylic acids is 1. The number of benzene rings is 1. The highest BCUT2D eigenvalue weighted by molar-refractivity contribution is 8.13. The Morgan fingerprint density at radius 1 is 1.35 bits per heavy atom. The molecule has 1 aromatic rings. The van der Waals surface area contributed by atoms with Crippen molar-refractivity contribution in [2.45, 2.75) is 11.8 Å². The van der Waals surface area contributed by atoms with E-state index in [-0.39, 0.29) is 11.3 Å². The lowest BCUT2D eigenvalue weighted by atomic mass is 10.2. The minimum absolute atomic E-state index is 0.331. The van der Waals surface area contributed by atoms with Crippen LogP contribution in [-0.4, -0.2) is 25.4 Å². The zero-order valence-corrected chi connectivity index (χ0v) is 10.2. The van der Waals surface area contributed by atoms with Crippen LogP contribution in [0.4, 0.5) is 5.69 Å². The van der Waals surface area contributed by atoms with Gasteiger partial charge in [-0.15, -0.1) is 0 Å². The molecule has 0 fully saturated rings. The molecule has 0 bridgehead atoms. The maximum absolute atomic E-state index is 11.2. The Morgan fingerprint density at radius 2 is 1.94 bits per heavy atom. The number of carbonyl (C=O) groups is 2. The Balaban J connectivity index is 3.56. The molecule has 2 N–H and O–H groups in total. The highest BCUT2D eigenvalue weighted by Crippen LogP contribution is 2.28. The van der Waals surface area contributed by atoms with Crippen LogP contribution in [0.3, 0.4) is 0 Å². The van der Waals surface area contributed by atoms with Crippen molar-refractivity contribution >= 4 is 37.3 Å². The van der Waals surface area contributed by atoms with Crippen LogP contribution in [0.1, 0.15) is 17.3 Å². The molecule has 0 aliphatic heterocycles. The Bertz CT molecular complexity index is 581. The van der Waals surface area contributed by atoms with Crippen molar-refractivity contribution < 1.29 is 23.1 Å². The highest BCUT2D eigenvalue weighted by Gasteiger charge is 2.22. The van der Waals surface area contributed by atoms with Crippen LogP contribution in [0.2, 0.25) is 0 Å². The molecule has 0 saturated heterocycles. The van der Waals surface area contributed by atoms with Gasteiger partial charge in [-0.3, -0.25) is 4.79 Å². The molecule has 1 rings (SSSR count). The molecule has 1 amide bonds. The summed E-state index contributed by atoms with van der Waals surface area (Å²) < 4.78 is 22.5. The van der Waals surface area contributed by atoms with Crippen molar-refractivity contribution in [3.05, 3.63) is 23.8 Å². The molecule has 0 unspecified atom stereocenters. The third-order valence-electron chi connectivity index (χ3n) is 1.82. The monoisotopic (exact) mass is 277 g/mol. The Hall–Kier alpha value is -1.60. The molecule has 0 radical (unpaired) electrons. The van der Waals surface area contributed by atoms with Crippen LogP contribution < -0.4 is 5.32 Å². The molecule has 0 heterocycles. The number of aromatic carboxylic acids is 1. The summed E-state index contributed by atoms with van der Waals surface area (Å²) in [5.41, 5.74) is -0.676. The first-order valence-corrected chi connectivity index (χ1v) is 6.63. The molecule has 0 saturated carbocycles. The van der Waals surface area contributed by atoms with E-state index < -0.39 is 25.8 Å². The maximum Gasteiger partial charge on any atom is 0.337 e. The van der Waals surface area contributed by atoms with E-state index in [1.807, 2.05) is 0 Å². The molecule has 8 heteroatoms. The standard InChI is InChI=1S/C9H8ClNO5S/c1-5(12)11-8-6(9(13)14)3-2-4-7(8)17(10,15)16/h2-4H,1H3,(H,11,12)(H,13,14).